The number of hydrogen-bond acceptors (Lipinski definition) is 10. The fraction of sp³-hybridized carbons (Fsp3) is 0.429. The molecule has 1 amide bonds. The summed E-state index contributed by atoms with van der Waals surface area (Å²) in [4.78, 5) is 32.0. The van der Waals surface area contributed by atoms with Crippen molar-refractivity contribution in [2.24, 2.45) is 10.2 Å². The number of fused-ring (bicyclic) bond motifs is 1. The van der Waals surface area contributed by atoms with Gasteiger partial charge in [-0.3, -0.25) is 10.2 Å². The maximum Gasteiger partial charge on any atom is 0.338 e. The van der Waals surface area contributed by atoms with Crippen LogP contribution in [-0.2, 0) is 42.4 Å². The van der Waals surface area contributed by atoms with Crippen LogP contribution >= 0.6 is 12.0 Å². The minimum Gasteiger partial charge on any atom is -0.679 e. The van der Waals surface area contributed by atoms with E-state index in [2.05, 4.69) is 38.0 Å². The number of azo groups is 1. The van der Waals surface area contributed by atoms with Crippen LogP contribution in [0.3, 0.4) is 0 Å². The van der Waals surface area contributed by atoms with Gasteiger partial charge in [0.25, 0.3) is 0 Å². The molecule has 3 aromatic carbocycles. The predicted octanol–water partition coefficient (Wildman–Crippen LogP) is 11.3. The Bertz CT molecular complexity index is 2050. The fourth-order valence-corrected chi connectivity index (χ4v) is 6.07. The molecule has 0 aliphatic rings. The number of nitrogens with zero attached hydrogens (tertiary/aromatic N) is 8. The van der Waals surface area contributed by atoms with E-state index in [1.807, 2.05) is 51.1 Å². The van der Waals surface area contributed by atoms with Gasteiger partial charge in [-0.2, -0.15) is 30.5 Å². The van der Waals surface area contributed by atoms with E-state index in [0.29, 0.717) is 71.7 Å². The summed E-state index contributed by atoms with van der Waals surface area (Å²) in [6.07, 6.45) is 6.56. The molecule has 17 heteroatoms. The number of hydrogen-bond donors (Lipinski definition) is 0. The Balaban J connectivity index is 0.00000107. The van der Waals surface area contributed by atoms with Gasteiger partial charge < -0.3 is 41.2 Å². The third-order valence-corrected chi connectivity index (χ3v) is 9.23. The molecular formula is C42H53N10NiO5S-5. The second-order valence-electron chi connectivity index (χ2n) is 14.1. The first-order valence-corrected chi connectivity index (χ1v) is 20.2. The van der Waals surface area contributed by atoms with Gasteiger partial charge in [0.15, 0.2) is 0 Å². The molecule has 0 fully saturated rings. The van der Waals surface area contributed by atoms with E-state index >= 15 is 0 Å². The molecule has 0 unspecified atom stereocenters. The Morgan fingerprint density at radius 2 is 1.59 bits per heavy atom. The summed E-state index contributed by atoms with van der Waals surface area (Å²) in [5, 5.41) is 30.9. The zero-order valence-corrected chi connectivity index (χ0v) is 36.1. The number of unbranched alkanes of at least 4 members (excludes halogenated alkanes) is 5. The molecule has 5 rings (SSSR count). The molecule has 15 nitrogen and oxygen atoms in total. The molecule has 0 bridgehead atoms. The minimum atomic E-state index is -0.547. The number of benzene rings is 3. The largest absolute Gasteiger partial charge is 0.679 e. The molecule has 0 saturated heterocycles. The van der Waals surface area contributed by atoms with E-state index in [9.17, 15) is 9.59 Å². The van der Waals surface area contributed by atoms with E-state index in [1.165, 1.54) is 26.4 Å². The Kier molecular flexibility index (Phi) is 21.5. The van der Waals surface area contributed by atoms with E-state index in [-0.39, 0.29) is 34.3 Å². The summed E-state index contributed by atoms with van der Waals surface area (Å²) >= 11 is 0.939. The standard InChI is InChI=1S/C38H44N7O5S.C4H10N3.Ni/c1-6-7-8-9-10-16-23-49-37(47)29-20-15-14-19-27(29)25-39-36(46)30-24-28(51-50-48-5)21-22-31(30)40-41-32-33(38(2,3)4)44-45-34(42-43-35(32)45)26-17-12-11-13-18-26;5-1-3-7-4-2-6;/h11-15,17-22,24H,6-10,16,23,25H2,1-5H3,(H-,39,40,43,44,46);5-6H,1-4H2;/q-1;-3;/p-1. The first kappa shape index (κ1) is 48.9. The van der Waals surface area contributed by atoms with Gasteiger partial charge in [0.05, 0.1) is 54.4 Å². The second-order valence-corrected chi connectivity index (χ2v) is 14.9. The number of carbonyl (C=O) groups is 2. The van der Waals surface area contributed by atoms with E-state index < -0.39 is 17.3 Å². The van der Waals surface area contributed by atoms with Crippen LogP contribution in [0.4, 0.5) is 11.4 Å². The number of ether oxygens (including phenoxy) is 1. The van der Waals surface area contributed by atoms with Gasteiger partial charge in [-0.1, -0.05) is 114 Å². The summed E-state index contributed by atoms with van der Waals surface area (Å²) in [6, 6.07) is 21.7. The summed E-state index contributed by atoms with van der Waals surface area (Å²) in [6.45, 7) is 10.5. The molecule has 2 heterocycles. The van der Waals surface area contributed by atoms with Crippen LogP contribution in [0, 0.1) is 0 Å². The second kappa shape index (κ2) is 25.9. The Hall–Kier alpha value is -4.48. The number of aromatic nitrogens is 4. The minimum absolute atomic E-state index is 0. The molecule has 59 heavy (non-hydrogen) atoms. The molecule has 0 aliphatic carbocycles. The van der Waals surface area contributed by atoms with Gasteiger partial charge >= 0.3 is 5.97 Å². The van der Waals surface area contributed by atoms with Crippen LogP contribution in [0.5, 0.6) is 0 Å². The average molecular weight is 869 g/mol. The van der Waals surface area contributed by atoms with E-state index in [1.54, 1.807) is 47.0 Å². The fourth-order valence-electron chi connectivity index (χ4n) is 5.64. The van der Waals surface area contributed by atoms with Crippen molar-refractivity contribution in [2.75, 3.05) is 39.9 Å². The molecule has 5 aromatic rings. The number of nitrogens with one attached hydrogen (secondary N) is 2. The zero-order chi connectivity index (χ0) is 41.8. The number of rotatable bonds is 21. The molecule has 2 aromatic heterocycles. The molecule has 0 saturated carbocycles. The molecular weight excluding hydrogens is 815 g/mol. The summed E-state index contributed by atoms with van der Waals surface area (Å²) in [5.74, 6) is -0.396. The summed E-state index contributed by atoms with van der Waals surface area (Å²) in [5.41, 5.74) is 16.7. The van der Waals surface area contributed by atoms with Crippen LogP contribution in [0.1, 0.15) is 98.2 Å². The average Bonchev–Trinajstić information content (AvgIpc) is 3.82. The topological polar surface area (TPSA) is 207 Å². The van der Waals surface area contributed by atoms with Crippen molar-refractivity contribution >= 4 is 40.9 Å². The van der Waals surface area contributed by atoms with Gasteiger partial charge in [0, 0.05) is 38.0 Å². The first-order valence-electron chi connectivity index (χ1n) is 19.4. The Morgan fingerprint density at radius 1 is 0.898 bits per heavy atom. The van der Waals surface area contributed by atoms with Crippen molar-refractivity contribution in [3.8, 4) is 11.4 Å². The van der Waals surface area contributed by atoms with Gasteiger partial charge in [-0.15, -0.1) is 16.8 Å². The molecule has 2 N–H and O–H groups in total. The van der Waals surface area contributed by atoms with Crippen molar-refractivity contribution in [3.05, 3.63) is 117 Å². The van der Waals surface area contributed by atoms with Crippen LogP contribution in [0.2, 0.25) is 0 Å². The van der Waals surface area contributed by atoms with Crippen molar-refractivity contribution in [2.45, 2.75) is 83.1 Å². The molecule has 322 valence electrons. The first-order chi connectivity index (χ1) is 28.1. The molecule has 0 aliphatic heterocycles. The Labute approximate surface area is 361 Å². The summed E-state index contributed by atoms with van der Waals surface area (Å²) < 4.78 is 12.3. The van der Waals surface area contributed by atoms with Crippen LogP contribution in [-0.4, -0.2) is 66.5 Å². The van der Waals surface area contributed by atoms with Crippen LogP contribution < -0.4 is 5.10 Å². The van der Waals surface area contributed by atoms with E-state index in [4.69, 9.17) is 30.5 Å². The molecule has 0 atom stereocenters. The zero-order valence-electron chi connectivity index (χ0n) is 34.3. The van der Waals surface area contributed by atoms with Crippen molar-refractivity contribution in [1.29, 1.82) is 0 Å². The number of carbonyl (C=O) groups excluding carboxylic acids is 2. The third-order valence-electron chi connectivity index (χ3n) is 8.57. The molecule has 0 radical (unpaired) electrons. The van der Waals surface area contributed by atoms with Gasteiger partial charge in [-0.25, -0.2) is 9.68 Å². The van der Waals surface area contributed by atoms with Crippen LogP contribution in [0.25, 0.3) is 39.1 Å². The van der Waals surface area contributed by atoms with Crippen molar-refractivity contribution in [3.63, 3.8) is 0 Å². The monoisotopic (exact) mass is 867 g/mol. The van der Waals surface area contributed by atoms with E-state index in [0.717, 1.165) is 36.9 Å². The Morgan fingerprint density at radius 3 is 2.29 bits per heavy atom. The van der Waals surface area contributed by atoms with Crippen LogP contribution in [0.15, 0.2) is 87.9 Å². The summed E-state index contributed by atoms with van der Waals surface area (Å²) in [7, 11) is 1.39. The predicted molar refractivity (Wildman–Crippen MR) is 228 cm³/mol. The number of amides is 1. The quantitative estimate of drug-likeness (QED) is 0.0130. The third kappa shape index (κ3) is 14.9. The van der Waals surface area contributed by atoms with Gasteiger partial charge in [0.1, 0.15) is 5.69 Å². The van der Waals surface area contributed by atoms with Crippen molar-refractivity contribution in [1.82, 2.24) is 19.8 Å². The van der Waals surface area contributed by atoms with Crippen molar-refractivity contribution < 1.29 is 40.0 Å². The maximum atomic E-state index is 13.7. The smallest absolute Gasteiger partial charge is 0.338 e. The van der Waals surface area contributed by atoms with Gasteiger partial charge in [0.2, 0.25) is 0 Å². The normalized spacial score (nSPS) is 11.3. The SMILES string of the molecule is CCCCCCCCOC(=O)c1ccccc1C[N-]C(=O)c1cc(SOOC)ccc1N=Nc1c(C(C)(C)C)nn2c(-c3ccccc3)n[n-]c12.[NH-]CC[N-]CC[NH-].[Ni]. The molecule has 0 spiro atoms. The maximum absolute atomic E-state index is 13.7. The van der Waals surface area contributed by atoms with Gasteiger partial charge in [-0.05, 0) is 36.2 Å². The number of esters is 1.